The summed E-state index contributed by atoms with van der Waals surface area (Å²) in [5.41, 5.74) is 4.90. The van der Waals surface area contributed by atoms with Gasteiger partial charge in [0.1, 0.15) is 0 Å². The van der Waals surface area contributed by atoms with Gasteiger partial charge < -0.3 is 10.2 Å². The van der Waals surface area contributed by atoms with E-state index in [9.17, 15) is 4.79 Å². The van der Waals surface area contributed by atoms with Gasteiger partial charge in [0.25, 0.3) is 0 Å². The van der Waals surface area contributed by atoms with Crippen molar-refractivity contribution in [1.82, 2.24) is 10.2 Å². The first-order valence-electron chi connectivity index (χ1n) is 8.08. The largest absolute Gasteiger partial charge is 0.352 e. The maximum absolute atomic E-state index is 12.1. The van der Waals surface area contributed by atoms with E-state index in [0.717, 1.165) is 13.0 Å². The Morgan fingerprint density at radius 1 is 1.00 bits per heavy atom. The minimum atomic E-state index is 0.102. The average molecular weight is 310 g/mol. The Morgan fingerprint density at radius 3 is 2.30 bits per heavy atom. The quantitative estimate of drug-likeness (QED) is 0.851. The maximum Gasteiger partial charge on any atom is 0.220 e. The number of hydrogen-bond acceptors (Lipinski definition) is 2. The summed E-state index contributed by atoms with van der Waals surface area (Å²) in [7, 11) is 4.11. The molecule has 0 fully saturated rings. The van der Waals surface area contributed by atoms with Gasteiger partial charge in [0.05, 0.1) is 0 Å². The lowest BCUT2D eigenvalue weighted by atomic mass is 10.1. The van der Waals surface area contributed by atoms with Crippen molar-refractivity contribution in [1.29, 1.82) is 0 Å². The molecule has 0 aliphatic rings. The second kappa shape index (κ2) is 8.49. The highest BCUT2D eigenvalue weighted by Crippen LogP contribution is 2.11. The summed E-state index contributed by atoms with van der Waals surface area (Å²) in [4.78, 5) is 14.2. The third kappa shape index (κ3) is 5.87. The van der Waals surface area contributed by atoms with Gasteiger partial charge in [0.15, 0.2) is 0 Å². The molecule has 0 saturated carbocycles. The number of aryl methyl sites for hydroxylation is 2. The van der Waals surface area contributed by atoms with Crippen LogP contribution in [0.25, 0.3) is 0 Å². The number of nitrogens with zero attached hydrogens (tertiary/aromatic N) is 1. The molecule has 0 aromatic heterocycles. The summed E-state index contributed by atoms with van der Waals surface area (Å²) >= 11 is 0. The number of amides is 1. The molecular formula is C20H26N2O. The number of benzene rings is 2. The molecular weight excluding hydrogens is 284 g/mol. The second-order valence-corrected chi connectivity index (χ2v) is 6.27. The van der Waals surface area contributed by atoms with E-state index in [0.29, 0.717) is 13.0 Å². The Bertz CT molecular complexity index is 632. The third-order valence-corrected chi connectivity index (χ3v) is 3.84. The summed E-state index contributed by atoms with van der Waals surface area (Å²) < 4.78 is 0. The van der Waals surface area contributed by atoms with Crippen LogP contribution in [0.1, 0.15) is 28.7 Å². The highest BCUT2D eigenvalue weighted by atomic mass is 16.1. The Kier molecular flexibility index (Phi) is 6.36. The molecule has 2 aromatic rings. The van der Waals surface area contributed by atoms with Crippen LogP contribution in [0.15, 0.2) is 48.5 Å². The number of rotatable bonds is 7. The van der Waals surface area contributed by atoms with E-state index < -0.39 is 0 Å². The normalized spacial score (nSPS) is 10.8. The lowest BCUT2D eigenvalue weighted by molar-refractivity contribution is -0.121. The van der Waals surface area contributed by atoms with E-state index in [1.165, 1.54) is 22.3 Å². The van der Waals surface area contributed by atoms with E-state index in [1.54, 1.807) is 0 Å². The highest BCUT2D eigenvalue weighted by molar-refractivity contribution is 5.76. The van der Waals surface area contributed by atoms with E-state index in [-0.39, 0.29) is 5.91 Å². The standard InChI is InChI=1S/C20H26N2O/c1-16-8-10-17(11-9-16)12-13-20(23)21-14-18-6-4-5-7-19(18)15-22(2)3/h4-11H,12-15H2,1-3H3,(H,21,23). The number of carbonyl (C=O) groups excluding carboxylic acids is 1. The van der Waals surface area contributed by atoms with Gasteiger partial charge in [-0.2, -0.15) is 0 Å². The molecule has 0 saturated heterocycles. The van der Waals surface area contributed by atoms with Crippen molar-refractivity contribution in [2.24, 2.45) is 0 Å². The zero-order valence-electron chi connectivity index (χ0n) is 14.3. The summed E-state index contributed by atoms with van der Waals surface area (Å²) in [6, 6.07) is 16.6. The first kappa shape index (κ1) is 17.2. The summed E-state index contributed by atoms with van der Waals surface area (Å²) in [5.74, 6) is 0.102. The fraction of sp³-hybridized carbons (Fsp3) is 0.350. The molecule has 0 atom stereocenters. The second-order valence-electron chi connectivity index (χ2n) is 6.27. The Balaban J connectivity index is 1.83. The lowest BCUT2D eigenvalue weighted by Crippen LogP contribution is -2.24. The third-order valence-electron chi connectivity index (χ3n) is 3.84. The molecule has 0 aliphatic carbocycles. The molecule has 0 aliphatic heterocycles. The summed E-state index contributed by atoms with van der Waals surface area (Å²) in [6.45, 7) is 3.55. The van der Waals surface area contributed by atoms with Crippen molar-refractivity contribution < 1.29 is 4.79 Å². The van der Waals surface area contributed by atoms with Gasteiger partial charge in [-0.1, -0.05) is 54.1 Å². The zero-order chi connectivity index (χ0) is 16.7. The van der Waals surface area contributed by atoms with Gasteiger partial charge in [0, 0.05) is 19.5 Å². The monoisotopic (exact) mass is 310 g/mol. The van der Waals surface area contributed by atoms with E-state index in [4.69, 9.17) is 0 Å². The van der Waals surface area contributed by atoms with Crippen molar-refractivity contribution in [3.05, 3.63) is 70.8 Å². The van der Waals surface area contributed by atoms with Crippen LogP contribution in [0.4, 0.5) is 0 Å². The molecule has 2 rings (SSSR count). The van der Waals surface area contributed by atoms with E-state index >= 15 is 0 Å². The van der Waals surface area contributed by atoms with E-state index in [1.807, 2.05) is 12.1 Å². The Labute approximate surface area is 139 Å². The molecule has 2 aromatic carbocycles. The number of hydrogen-bond donors (Lipinski definition) is 1. The van der Waals surface area contributed by atoms with Crippen LogP contribution in [0.5, 0.6) is 0 Å². The predicted molar refractivity (Wildman–Crippen MR) is 95.2 cm³/mol. The molecule has 0 unspecified atom stereocenters. The van der Waals surface area contributed by atoms with Crippen LogP contribution in [0, 0.1) is 6.92 Å². The lowest BCUT2D eigenvalue weighted by Gasteiger charge is -2.14. The smallest absolute Gasteiger partial charge is 0.220 e. The molecule has 1 amide bonds. The van der Waals surface area contributed by atoms with Crippen LogP contribution in [0.3, 0.4) is 0 Å². The maximum atomic E-state index is 12.1. The summed E-state index contributed by atoms with van der Waals surface area (Å²) in [5, 5.41) is 3.04. The minimum Gasteiger partial charge on any atom is -0.352 e. The molecule has 23 heavy (non-hydrogen) atoms. The molecule has 0 bridgehead atoms. The van der Waals surface area contributed by atoms with Crippen molar-refractivity contribution in [2.45, 2.75) is 32.9 Å². The van der Waals surface area contributed by atoms with Crippen LogP contribution in [-0.4, -0.2) is 24.9 Å². The number of nitrogens with one attached hydrogen (secondary N) is 1. The van der Waals surface area contributed by atoms with Gasteiger partial charge in [-0.3, -0.25) is 4.79 Å². The van der Waals surface area contributed by atoms with Gasteiger partial charge in [0.2, 0.25) is 5.91 Å². The van der Waals surface area contributed by atoms with Crippen molar-refractivity contribution in [3.63, 3.8) is 0 Å². The molecule has 3 heteroatoms. The summed E-state index contributed by atoms with van der Waals surface area (Å²) in [6.07, 6.45) is 1.31. The highest BCUT2D eigenvalue weighted by Gasteiger charge is 2.06. The van der Waals surface area contributed by atoms with Gasteiger partial charge in [-0.15, -0.1) is 0 Å². The molecule has 3 nitrogen and oxygen atoms in total. The topological polar surface area (TPSA) is 32.3 Å². The molecule has 0 heterocycles. The molecule has 122 valence electrons. The van der Waals surface area contributed by atoms with Crippen molar-refractivity contribution in [3.8, 4) is 0 Å². The van der Waals surface area contributed by atoms with E-state index in [2.05, 4.69) is 67.6 Å². The Hall–Kier alpha value is -2.13. The predicted octanol–water partition coefficient (Wildman–Crippen LogP) is 3.31. The molecule has 0 radical (unpaired) electrons. The fourth-order valence-corrected chi connectivity index (χ4v) is 2.52. The first-order chi connectivity index (χ1) is 11.0. The SMILES string of the molecule is Cc1ccc(CCC(=O)NCc2ccccc2CN(C)C)cc1. The first-order valence-corrected chi connectivity index (χ1v) is 8.08. The van der Waals surface area contributed by atoms with Crippen LogP contribution >= 0.6 is 0 Å². The van der Waals surface area contributed by atoms with Crippen molar-refractivity contribution >= 4 is 5.91 Å². The fourth-order valence-electron chi connectivity index (χ4n) is 2.52. The molecule has 1 N–H and O–H groups in total. The van der Waals surface area contributed by atoms with Crippen LogP contribution in [-0.2, 0) is 24.3 Å². The van der Waals surface area contributed by atoms with Crippen molar-refractivity contribution in [2.75, 3.05) is 14.1 Å². The number of carbonyl (C=O) groups is 1. The molecule has 0 spiro atoms. The Morgan fingerprint density at radius 2 is 1.65 bits per heavy atom. The van der Waals surface area contributed by atoms with Crippen LogP contribution in [0.2, 0.25) is 0 Å². The zero-order valence-corrected chi connectivity index (χ0v) is 14.3. The average Bonchev–Trinajstić information content (AvgIpc) is 2.53. The van der Waals surface area contributed by atoms with Crippen LogP contribution < -0.4 is 5.32 Å². The minimum absolute atomic E-state index is 0.102. The van der Waals surface area contributed by atoms with Gasteiger partial charge in [-0.25, -0.2) is 0 Å². The van der Waals surface area contributed by atoms with Gasteiger partial charge >= 0.3 is 0 Å². The van der Waals surface area contributed by atoms with Gasteiger partial charge in [-0.05, 0) is 44.1 Å².